The van der Waals surface area contributed by atoms with E-state index in [4.69, 9.17) is 4.74 Å². The van der Waals surface area contributed by atoms with Gasteiger partial charge in [0, 0.05) is 17.9 Å². The summed E-state index contributed by atoms with van der Waals surface area (Å²) in [5.74, 6) is -1.26. The van der Waals surface area contributed by atoms with Crippen LogP contribution in [-0.4, -0.2) is 43.0 Å². The number of thiazole rings is 1. The van der Waals surface area contributed by atoms with Crippen LogP contribution in [-0.2, 0) is 24.7 Å². The lowest BCUT2D eigenvalue weighted by atomic mass is 10.00. The van der Waals surface area contributed by atoms with E-state index in [0.29, 0.717) is 14.2 Å². The molecule has 10 nitrogen and oxygen atoms in total. The zero-order chi connectivity index (χ0) is 24.4. The van der Waals surface area contributed by atoms with E-state index in [1.165, 1.54) is 55.5 Å². The van der Waals surface area contributed by atoms with E-state index >= 15 is 0 Å². The van der Waals surface area contributed by atoms with Crippen molar-refractivity contribution >= 4 is 57.5 Å². The third-order valence-corrected chi connectivity index (χ3v) is 6.53. The fourth-order valence-corrected chi connectivity index (χ4v) is 4.52. The molecule has 0 bridgehead atoms. The number of amides is 1. The molecule has 33 heavy (non-hydrogen) atoms. The first kappa shape index (κ1) is 24.3. The predicted molar refractivity (Wildman–Crippen MR) is 125 cm³/mol. The minimum Gasteiger partial charge on any atom is -0.450 e. The minimum absolute atomic E-state index is 0.242. The number of ether oxygens (including phenoxy) is 1. The van der Waals surface area contributed by atoms with E-state index in [9.17, 15) is 19.2 Å². The maximum absolute atomic E-state index is 12.7. The van der Waals surface area contributed by atoms with E-state index in [1.807, 2.05) is 0 Å². The van der Waals surface area contributed by atoms with Gasteiger partial charge in [0.1, 0.15) is 18.2 Å². The Bertz CT molecular complexity index is 1360. The largest absolute Gasteiger partial charge is 0.450 e. The fraction of sp³-hybridized carbons (Fsp3) is 0.333. The normalized spacial score (nSPS) is 13.2. The Kier molecular flexibility index (Phi) is 6.79. The number of anilines is 1. The first-order valence-corrected chi connectivity index (χ1v) is 11.4. The number of hydrogen-bond donors (Lipinski definition) is 2. The Morgan fingerprint density at radius 1 is 1.18 bits per heavy atom. The summed E-state index contributed by atoms with van der Waals surface area (Å²) in [6.45, 7) is 7.66. The van der Waals surface area contributed by atoms with E-state index < -0.39 is 23.0 Å². The predicted octanol–water partition coefficient (Wildman–Crippen LogP) is 0.983. The van der Waals surface area contributed by atoms with Crippen molar-refractivity contribution in [3.63, 3.8) is 0 Å². The van der Waals surface area contributed by atoms with Crippen molar-refractivity contribution in [3.8, 4) is 0 Å². The van der Waals surface area contributed by atoms with Gasteiger partial charge < -0.3 is 15.0 Å². The first-order chi connectivity index (χ1) is 15.4. The SMILES string of the molecule is CC(=O)OC(C)(C)C(=O)Nc1ccc(/C=c2\s/c(=C/C(=O)C(C)(C)n3cncn3)[nH]c2=O)s1. The van der Waals surface area contributed by atoms with Crippen molar-refractivity contribution in [2.24, 2.45) is 0 Å². The van der Waals surface area contributed by atoms with E-state index in [2.05, 4.69) is 20.4 Å². The fourth-order valence-electron chi connectivity index (χ4n) is 2.72. The van der Waals surface area contributed by atoms with Gasteiger partial charge in [-0.25, -0.2) is 9.67 Å². The molecular weight excluding hydrogens is 466 g/mol. The number of Topliss-reactive ketones (excluding diaryl/α,β-unsaturated/α-hetero) is 1. The van der Waals surface area contributed by atoms with E-state index in [1.54, 1.807) is 32.1 Å². The Morgan fingerprint density at radius 2 is 1.91 bits per heavy atom. The number of aromatic amines is 1. The van der Waals surface area contributed by atoms with Gasteiger partial charge in [-0.3, -0.25) is 19.2 Å². The third kappa shape index (κ3) is 5.71. The van der Waals surface area contributed by atoms with Gasteiger partial charge in [0.25, 0.3) is 11.5 Å². The number of H-pyrrole nitrogens is 1. The van der Waals surface area contributed by atoms with Crippen molar-refractivity contribution < 1.29 is 19.1 Å². The Morgan fingerprint density at radius 3 is 2.55 bits per heavy atom. The average Bonchev–Trinajstić information content (AvgIpc) is 3.44. The maximum atomic E-state index is 12.7. The monoisotopic (exact) mass is 489 g/mol. The number of nitrogens with one attached hydrogen (secondary N) is 2. The van der Waals surface area contributed by atoms with Crippen LogP contribution in [0.3, 0.4) is 0 Å². The summed E-state index contributed by atoms with van der Waals surface area (Å²) in [4.78, 5) is 55.9. The molecular formula is C21H23N5O5S2. The van der Waals surface area contributed by atoms with Gasteiger partial charge in [-0.1, -0.05) is 0 Å². The van der Waals surface area contributed by atoms with Crippen LogP contribution in [0, 0.1) is 0 Å². The lowest BCUT2D eigenvalue weighted by Crippen LogP contribution is -2.40. The molecule has 12 heteroatoms. The highest BCUT2D eigenvalue weighted by atomic mass is 32.1. The molecule has 0 spiro atoms. The van der Waals surface area contributed by atoms with Crippen LogP contribution in [0.4, 0.5) is 5.00 Å². The molecule has 0 aromatic carbocycles. The number of nitrogens with zero attached hydrogens (tertiary/aromatic N) is 3. The zero-order valence-corrected chi connectivity index (χ0v) is 20.3. The summed E-state index contributed by atoms with van der Waals surface area (Å²) in [5, 5.41) is 7.26. The number of esters is 1. The van der Waals surface area contributed by atoms with Gasteiger partial charge in [-0.05, 0) is 45.9 Å². The summed E-state index contributed by atoms with van der Waals surface area (Å²) in [7, 11) is 0. The number of thiophene rings is 1. The summed E-state index contributed by atoms with van der Waals surface area (Å²) in [6.07, 6.45) is 5.86. The molecule has 1 amide bonds. The standard InChI is InChI=1S/C21H23N5O5S2/c1-12(27)31-21(4,5)19(30)25-16-7-6-13(32-16)8-14-18(29)24-17(33-14)9-15(28)20(2,3)26-11-22-10-23-26/h6-11H,1-5H3,(H,24,29)(H,25,30)/b14-8-,17-9+. The number of aromatic nitrogens is 4. The number of carbonyl (C=O) groups is 3. The Balaban J connectivity index is 1.81. The van der Waals surface area contributed by atoms with Crippen LogP contribution in [0.25, 0.3) is 12.2 Å². The molecule has 0 saturated carbocycles. The lowest BCUT2D eigenvalue weighted by Gasteiger charge is -2.22. The van der Waals surface area contributed by atoms with Crippen LogP contribution >= 0.6 is 22.7 Å². The highest BCUT2D eigenvalue weighted by molar-refractivity contribution is 7.17. The van der Waals surface area contributed by atoms with Crippen LogP contribution in [0.2, 0.25) is 0 Å². The number of hydrogen-bond acceptors (Lipinski definition) is 9. The maximum Gasteiger partial charge on any atom is 0.303 e. The summed E-state index contributed by atoms with van der Waals surface area (Å²) in [6, 6.07) is 3.44. The van der Waals surface area contributed by atoms with Crippen molar-refractivity contribution in [1.82, 2.24) is 19.7 Å². The second-order valence-corrected chi connectivity index (χ2v) is 10.3. The van der Waals surface area contributed by atoms with E-state index in [0.717, 1.165) is 16.2 Å². The molecule has 3 rings (SSSR count). The summed E-state index contributed by atoms with van der Waals surface area (Å²) in [5.41, 5.74) is -2.60. The highest BCUT2D eigenvalue weighted by Gasteiger charge is 2.31. The molecule has 174 valence electrons. The van der Waals surface area contributed by atoms with Crippen molar-refractivity contribution in [2.45, 2.75) is 45.8 Å². The number of carbonyl (C=O) groups excluding carboxylic acids is 3. The van der Waals surface area contributed by atoms with Gasteiger partial charge >= 0.3 is 5.97 Å². The molecule has 3 aromatic rings. The van der Waals surface area contributed by atoms with Crippen molar-refractivity contribution in [3.05, 3.63) is 49.2 Å². The second kappa shape index (κ2) is 9.24. The molecule has 0 radical (unpaired) electrons. The van der Waals surface area contributed by atoms with Gasteiger partial charge in [0.2, 0.25) is 0 Å². The molecule has 0 aliphatic heterocycles. The van der Waals surface area contributed by atoms with Gasteiger partial charge in [0.15, 0.2) is 11.4 Å². The third-order valence-electron chi connectivity index (χ3n) is 4.62. The highest BCUT2D eigenvalue weighted by Crippen LogP contribution is 2.24. The second-order valence-electron chi connectivity index (χ2n) is 8.10. The number of rotatable bonds is 7. The average molecular weight is 490 g/mol. The topological polar surface area (TPSA) is 136 Å². The van der Waals surface area contributed by atoms with Crippen molar-refractivity contribution in [1.29, 1.82) is 0 Å². The van der Waals surface area contributed by atoms with Gasteiger partial charge in [0.05, 0.1) is 14.2 Å². The molecule has 0 aliphatic rings. The van der Waals surface area contributed by atoms with Gasteiger partial charge in [-0.2, -0.15) is 5.10 Å². The number of ketones is 1. The molecule has 0 unspecified atom stereocenters. The van der Waals surface area contributed by atoms with Gasteiger partial charge in [-0.15, -0.1) is 22.7 Å². The summed E-state index contributed by atoms with van der Waals surface area (Å²) >= 11 is 2.40. The smallest absolute Gasteiger partial charge is 0.303 e. The van der Waals surface area contributed by atoms with E-state index in [-0.39, 0.29) is 11.3 Å². The molecule has 3 aromatic heterocycles. The molecule has 0 fully saturated rings. The summed E-state index contributed by atoms with van der Waals surface area (Å²) < 4.78 is 7.31. The first-order valence-electron chi connectivity index (χ1n) is 9.81. The Labute approximate surface area is 196 Å². The molecule has 0 aliphatic carbocycles. The molecule has 0 atom stereocenters. The van der Waals surface area contributed by atoms with Crippen LogP contribution in [0.5, 0.6) is 0 Å². The van der Waals surface area contributed by atoms with Crippen LogP contribution < -0.4 is 20.1 Å². The zero-order valence-electron chi connectivity index (χ0n) is 18.7. The quantitative estimate of drug-likeness (QED) is 0.472. The molecule has 2 N–H and O–H groups in total. The minimum atomic E-state index is -1.32. The lowest BCUT2D eigenvalue weighted by molar-refractivity contribution is -0.160. The van der Waals surface area contributed by atoms with Crippen LogP contribution in [0.15, 0.2) is 29.6 Å². The van der Waals surface area contributed by atoms with Crippen molar-refractivity contribution in [2.75, 3.05) is 5.32 Å². The molecule has 0 saturated heterocycles. The Hall–Kier alpha value is -3.38. The molecule has 3 heterocycles. The van der Waals surface area contributed by atoms with Crippen LogP contribution in [0.1, 0.15) is 39.5 Å².